The molecule has 1 aromatic heterocycles. The highest BCUT2D eigenvalue weighted by Gasteiger charge is 2.16. The second-order valence-electron chi connectivity index (χ2n) is 5.62. The molecule has 2 rings (SSSR count). The Morgan fingerprint density at radius 3 is 2.55 bits per heavy atom. The minimum atomic E-state index is -3.21. The molecule has 1 atom stereocenters. The van der Waals surface area contributed by atoms with E-state index in [1.807, 2.05) is 11.6 Å². The summed E-state index contributed by atoms with van der Waals surface area (Å²) in [5.74, 6) is 1.26. The summed E-state index contributed by atoms with van der Waals surface area (Å²) in [6, 6.07) is 5.07. The summed E-state index contributed by atoms with van der Waals surface area (Å²) in [6.07, 6.45) is 1.88. The molecule has 0 aliphatic carbocycles. The van der Waals surface area contributed by atoms with E-state index < -0.39 is 9.84 Å². The first-order valence-electron chi connectivity index (χ1n) is 6.61. The van der Waals surface area contributed by atoms with Crippen LogP contribution in [0, 0.1) is 5.92 Å². The van der Waals surface area contributed by atoms with E-state index in [1.54, 1.807) is 18.2 Å². The lowest BCUT2D eigenvalue weighted by Crippen LogP contribution is -2.29. The van der Waals surface area contributed by atoms with Crippen molar-refractivity contribution in [2.24, 2.45) is 18.7 Å². The van der Waals surface area contributed by atoms with Gasteiger partial charge < -0.3 is 10.3 Å². The third kappa shape index (κ3) is 2.86. The largest absolute Gasteiger partial charge is 0.331 e. The molecule has 0 saturated carbocycles. The zero-order valence-corrected chi connectivity index (χ0v) is 13.1. The van der Waals surface area contributed by atoms with Gasteiger partial charge in [-0.1, -0.05) is 13.8 Å². The predicted molar refractivity (Wildman–Crippen MR) is 80.3 cm³/mol. The van der Waals surface area contributed by atoms with Gasteiger partial charge in [-0.25, -0.2) is 13.4 Å². The molecule has 0 radical (unpaired) electrons. The minimum Gasteiger partial charge on any atom is -0.331 e. The molecule has 20 heavy (non-hydrogen) atoms. The number of benzene rings is 1. The standard InChI is InChI=1S/C14H21N3O2S/c1-9(2)11(15)8-14-16-12-7-10(20(4,18)19)5-6-13(12)17(14)3/h5-7,9,11H,8,15H2,1-4H3. The van der Waals surface area contributed by atoms with Crippen LogP contribution in [0.15, 0.2) is 23.1 Å². The van der Waals surface area contributed by atoms with Crippen LogP contribution >= 0.6 is 0 Å². The highest BCUT2D eigenvalue weighted by molar-refractivity contribution is 7.90. The topological polar surface area (TPSA) is 78.0 Å². The Morgan fingerprint density at radius 2 is 2.00 bits per heavy atom. The number of nitrogens with two attached hydrogens (primary N) is 1. The monoisotopic (exact) mass is 295 g/mol. The van der Waals surface area contributed by atoms with Gasteiger partial charge in [0.15, 0.2) is 9.84 Å². The fourth-order valence-electron chi connectivity index (χ4n) is 2.09. The fourth-order valence-corrected chi connectivity index (χ4v) is 2.73. The lowest BCUT2D eigenvalue weighted by molar-refractivity contribution is 0.477. The maximum absolute atomic E-state index is 11.6. The van der Waals surface area contributed by atoms with Crippen LogP contribution in [0.3, 0.4) is 0 Å². The molecule has 1 aromatic carbocycles. The van der Waals surface area contributed by atoms with Gasteiger partial charge in [0.05, 0.1) is 15.9 Å². The summed E-state index contributed by atoms with van der Waals surface area (Å²) in [4.78, 5) is 4.82. The molecule has 0 amide bonds. The number of rotatable bonds is 4. The number of hydrogen-bond donors (Lipinski definition) is 1. The van der Waals surface area contributed by atoms with Crippen molar-refractivity contribution in [3.63, 3.8) is 0 Å². The number of nitrogens with zero attached hydrogens (tertiary/aromatic N) is 2. The maximum Gasteiger partial charge on any atom is 0.175 e. The summed E-state index contributed by atoms with van der Waals surface area (Å²) in [5.41, 5.74) is 7.70. The van der Waals surface area contributed by atoms with Crippen LogP contribution in [0.25, 0.3) is 11.0 Å². The van der Waals surface area contributed by atoms with Crippen molar-refractivity contribution in [1.29, 1.82) is 0 Å². The molecule has 1 heterocycles. The summed E-state index contributed by atoms with van der Waals surface area (Å²) in [5, 5.41) is 0. The molecule has 0 fully saturated rings. The Kier molecular flexibility index (Phi) is 3.88. The third-order valence-corrected chi connectivity index (χ3v) is 4.76. The summed E-state index contributed by atoms with van der Waals surface area (Å²) >= 11 is 0. The Morgan fingerprint density at radius 1 is 1.35 bits per heavy atom. The van der Waals surface area contributed by atoms with Crippen molar-refractivity contribution in [3.8, 4) is 0 Å². The van der Waals surface area contributed by atoms with Crippen LogP contribution in [0.5, 0.6) is 0 Å². The average molecular weight is 295 g/mol. The SMILES string of the molecule is CC(C)C(N)Cc1nc2cc(S(C)(=O)=O)ccc2n1C. The number of sulfone groups is 1. The van der Waals surface area contributed by atoms with E-state index in [-0.39, 0.29) is 6.04 Å². The van der Waals surface area contributed by atoms with Gasteiger partial charge in [0.1, 0.15) is 5.82 Å². The van der Waals surface area contributed by atoms with Gasteiger partial charge in [0, 0.05) is 25.8 Å². The Hall–Kier alpha value is -1.40. The van der Waals surface area contributed by atoms with Gasteiger partial charge in [-0.3, -0.25) is 0 Å². The van der Waals surface area contributed by atoms with Crippen molar-refractivity contribution in [1.82, 2.24) is 9.55 Å². The molecule has 110 valence electrons. The quantitative estimate of drug-likeness (QED) is 0.927. The number of aryl methyl sites for hydroxylation is 1. The Labute approximate surface area is 119 Å². The van der Waals surface area contributed by atoms with Crippen LogP contribution in [0.1, 0.15) is 19.7 Å². The minimum absolute atomic E-state index is 0.0416. The van der Waals surface area contributed by atoms with Crippen LogP contribution in [-0.4, -0.2) is 30.3 Å². The molecule has 2 aromatic rings. The molecular formula is C14H21N3O2S. The van der Waals surface area contributed by atoms with Crippen molar-refractivity contribution in [2.45, 2.75) is 31.2 Å². The van der Waals surface area contributed by atoms with Gasteiger partial charge >= 0.3 is 0 Å². The first-order valence-corrected chi connectivity index (χ1v) is 8.50. The van der Waals surface area contributed by atoms with E-state index >= 15 is 0 Å². The molecule has 0 aliphatic heterocycles. The van der Waals surface area contributed by atoms with Gasteiger partial charge in [0.2, 0.25) is 0 Å². The number of fused-ring (bicyclic) bond motifs is 1. The molecule has 2 N–H and O–H groups in total. The van der Waals surface area contributed by atoms with E-state index in [2.05, 4.69) is 18.8 Å². The van der Waals surface area contributed by atoms with Crippen LogP contribution in [0.4, 0.5) is 0 Å². The van der Waals surface area contributed by atoms with Crippen molar-refractivity contribution in [3.05, 3.63) is 24.0 Å². The van der Waals surface area contributed by atoms with Crippen LogP contribution < -0.4 is 5.73 Å². The van der Waals surface area contributed by atoms with E-state index in [0.29, 0.717) is 22.8 Å². The number of hydrogen-bond acceptors (Lipinski definition) is 4. The van der Waals surface area contributed by atoms with Crippen molar-refractivity contribution >= 4 is 20.9 Å². The highest BCUT2D eigenvalue weighted by atomic mass is 32.2. The smallest absolute Gasteiger partial charge is 0.175 e. The van der Waals surface area contributed by atoms with Gasteiger partial charge in [-0.2, -0.15) is 0 Å². The Balaban J connectivity index is 2.47. The summed E-state index contributed by atoms with van der Waals surface area (Å²) in [6.45, 7) is 4.16. The van der Waals surface area contributed by atoms with E-state index in [9.17, 15) is 8.42 Å². The second kappa shape index (κ2) is 5.18. The van der Waals surface area contributed by atoms with Crippen molar-refractivity contribution < 1.29 is 8.42 Å². The molecule has 0 bridgehead atoms. The predicted octanol–water partition coefficient (Wildman–Crippen LogP) is 1.50. The Bertz CT molecular complexity index is 732. The normalized spacial score (nSPS) is 14.1. The van der Waals surface area contributed by atoms with Gasteiger partial charge in [0.25, 0.3) is 0 Å². The third-order valence-electron chi connectivity index (χ3n) is 3.65. The number of imidazole rings is 1. The van der Waals surface area contributed by atoms with Gasteiger partial charge in [-0.15, -0.1) is 0 Å². The summed E-state index contributed by atoms with van der Waals surface area (Å²) < 4.78 is 25.1. The van der Waals surface area contributed by atoms with E-state index in [1.165, 1.54) is 6.26 Å². The maximum atomic E-state index is 11.6. The van der Waals surface area contributed by atoms with Gasteiger partial charge in [-0.05, 0) is 24.1 Å². The molecule has 5 nitrogen and oxygen atoms in total. The first-order chi connectivity index (χ1) is 9.20. The molecule has 0 aliphatic rings. The molecule has 1 unspecified atom stereocenters. The summed E-state index contributed by atoms with van der Waals surface area (Å²) in [7, 11) is -1.28. The van der Waals surface area contributed by atoms with E-state index in [4.69, 9.17) is 5.73 Å². The first kappa shape index (κ1) is 15.0. The van der Waals surface area contributed by atoms with E-state index in [0.717, 1.165) is 11.3 Å². The lowest BCUT2D eigenvalue weighted by Gasteiger charge is -2.14. The van der Waals surface area contributed by atoms with Crippen molar-refractivity contribution in [2.75, 3.05) is 6.26 Å². The average Bonchev–Trinajstić information content (AvgIpc) is 2.64. The lowest BCUT2D eigenvalue weighted by atomic mass is 10.0. The zero-order chi connectivity index (χ0) is 15.1. The molecule has 0 spiro atoms. The highest BCUT2D eigenvalue weighted by Crippen LogP contribution is 2.20. The zero-order valence-electron chi connectivity index (χ0n) is 12.3. The van der Waals surface area contributed by atoms with Crippen LogP contribution in [0.2, 0.25) is 0 Å². The van der Waals surface area contributed by atoms with Crippen LogP contribution in [-0.2, 0) is 23.3 Å². The molecule has 0 saturated heterocycles. The fraction of sp³-hybridized carbons (Fsp3) is 0.500. The number of aromatic nitrogens is 2. The molecule has 6 heteroatoms. The second-order valence-corrected chi connectivity index (χ2v) is 7.64. The molecular weight excluding hydrogens is 274 g/mol.